The first-order valence-corrected chi connectivity index (χ1v) is 5.76. The molecule has 0 radical (unpaired) electrons. The summed E-state index contributed by atoms with van der Waals surface area (Å²) in [4.78, 5) is 4.46. The zero-order valence-electron chi connectivity index (χ0n) is 9.61. The number of ether oxygens (including phenoxy) is 2. The van der Waals surface area contributed by atoms with Crippen LogP contribution < -0.4 is 10.5 Å². The SMILES string of the molecule is CCCc1cc(CN)cc(OC2COC2)n1. The fraction of sp³-hybridized carbons (Fsp3) is 0.583. The van der Waals surface area contributed by atoms with E-state index in [2.05, 4.69) is 11.9 Å². The molecule has 2 rings (SSSR count). The summed E-state index contributed by atoms with van der Waals surface area (Å²) in [5.41, 5.74) is 7.79. The lowest BCUT2D eigenvalue weighted by atomic mass is 10.1. The van der Waals surface area contributed by atoms with Crippen molar-refractivity contribution in [3.8, 4) is 5.88 Å². The average Bonchev–Trinajstić information content (AvgIpc) is 2.24. The number of nitrogens with zero attached hydrogens (tertiary/aromatic N) is 1. The summed E-state index contributed by atoms with van der Waals surface area (Å²) in [6.45, 7) is 3.99. The zero-order valence-corrected chi connectivity index (χ0v) is 9.61. The Morgan fingerprint density at radius 1 is 1.50 bits per heavy atom. The summed E-state index contributed by atoms with van der Waals surface area (Å²) in [7, 11) is 0. The maximum absolute atomic E-state index is 5.69. The van der Waals surface area contributed by atoms with Crippen molar-refractivity contribution in [2.45, 2.75) is 32.4 Å². The molecule has 0 unspecified atom stereocenters. The first-order valence-electron chi connectivity index (χ1n) is 5.76. The molecule has 1 fully saturated rings. The molecular weight excluding hydrogens is 204 g/mol. The van der Waals surface area contributed by atoms with Crippen LogP contribution in [0.1, 0.15) is 24.6 Å². The highest BCUT2D eigenvalue weighted by molar-refractivity contribution is 5.25. The molecule has 16 heavy (non-hydrogen) atoms. The first-order chi connectivity index (χ1) is 7.81. The molecule has 0 spiro atoms. The van der Waals surface area contributed by atoms with Gasteiger partial charge in [0.25, 0.3) is 0 Å². The number of pyridine rings is 1. The van der Waals surface area contributed by atoms with Crippen LogP contribution in [0, 0.1) is 0 Å². The van der Waals surface area contributed by atoms with E-state index in [1.165, 1.54) is 0 Å². The fourth-order valence-electron chi connectivity index (χ4n) is 1.64. The Balaban J connectivity index is 2.11. The van der Waals surface area contributed by atoms with Crippen LogP contribution in [-0.4, -0.2) is 24.3 Å². The Morgan fingerprint density at radius 2 is 2.31 bits per heavy atom. The van der Waals surface area contributed by atoms with Crippen molar-refractivity contribution >= 4 is 0 Å². The molecule has 2 N–H and O–H groups in total. The van der Waals surface area contributed by atoms with Crippen molar-refractivity contribution < 1.29 is 9.47 Å². The van der Waals surface area contributed by atoms with Crippen molar-refractivity contribution in [3.05, 3.63) is 23.4 Å². The van der Waals surface area contributed by atoms with E-state index in [0.29, 0.717) is 25.6 Å². The second kappa shape index (κ2) is 5.27. The van der Waals surface area contributed by atoms with E-state index >= 15 is 0 Å². The summed E-state index contributed by atoms with van der Waals surface area (Å²) in [6, 6.07) is 3.96. The van der Waals surface area contributed by atoms with Gasteiger partial charge in [-0.15, -0.1) is 0 Å². The van der Waals surface area contributed by atoms with Gasteiger partial charge in [0.2, 0.25) is 5.88 Å². The molecule has 1 aromatic rings. The van der Waals surface area contributed by atoms with Crippen molar-refractivity contribution in [1.82, 2.24) is 4.98 Å². The standard InChI is InChI=1S/C12H18N2O2/c1-2-3-10-4-9(6-13)5-12(14-10)16-11-7-15-8-11/h4-5,11H,2-3,6-8,13H2,1H3. The van der Waals surface area contributed by atoms with Gasteiger partial charge in [-0.3, -0.25) is 0 Å². The summed E-state index contributed by atoms with van der Waals surface area (Å²) < 4.78 is 10.8. The summed E-state index contributed by atoms with van der Waals surface area (Å²) >= 11 is 0. The highest BCUT2D eigenvalue weighted by Crippen LogP contribution is 2.17. The van der Waals surface area contributed by atoms with Crippen LogP contribution in [0.25, 0.3) is 0 Å². The molecule has 4 heteroatoms. The summed E-state index contributed by atoms with van der Waals surface area (Å²) in [6.07, 6.45) is 2.20. The lowest BCUT2D eigenvalue weighted by Crippen LogP contribution is -2.38. The molecule has 1 saturated heterocycles. The van der Waals surface area contributed by atoms with Crippen LogP contribution in [-0.2, 0) is 17.7 Å². The first kappa shape index (κ1) is 11.4. The van der Waals surface area contributed by atoms with Crippen molar-refractivity contribution in [1.29, 1.82) is 0 Å². The van der Waals surface area contributed by atoms with Gasteiger partial charge in [0.05, 0.1) is 13.2 Å². The minimum absolute atomic E-state index is 0.162. The second-order valence-electron chi connectivity index (χ2n) is 4.04. The van der Waals surface area contributed by atoms with Gasteiger partial charge in [-0.05, 0) is 18.1 Å². The molecule has 0 aliphatic carbocycles. The number of nitrogens with two attached hydrogens (primary N) is 1. The lowest BCUT2D eigenvalue weighted by Gasteiger charge is -2.26. The second-order valence-corrected chi connectivity index (χ2v) is 4.04. The van der Waals surface area contributed by atoms with Crippen LogP contribution in [0.5, 0.6) is 5.88 Å². The van der Waals surface area contributed by atoms with Gasteiger partial charge in [0.15, 0.2) is 0 Å². The molecular formula is C12H18N2O2. The van der Waals surface area contributed by atoms with Crippen molar-refractivity contribution in [2.75, 3.05) is 13.2 Å². The third kappa shape index (κ3) is 2.71. The molecule has 0 saturated carbocycles. The van der Waals surface area contributed by atoms with Gasteiger partial charge in [-0.1, -0.05) is 13.3 Å². The van der Waals surface area contributed by atoms with Crippen LogP contribution in [0.3, 0.4) is 0 Å². The van der Waals surface area contributed by atoms with E-state index in [1.54, 1.807) is 0 Å². The molecule has 1 aromatic heterocycles. The predicted molar refractivity (Wildman–Crippen MR) is 61.4 cm³/mol. The van der Waals surface area contributed by atoms with Gasteiger partial charge in [-0.2, -0.15) is 0 Å². The Labute approximate surface area is 95.8 Å². The lowest BCUT2D eigenvalue weighted by molar-refractivity contribution is -0.0814. The fourth-order valence-corrected chi connectivity index (χ4v) is 1.64. The molecule has 1 aliphatic rings. The van der Waals surface area contributed by atoms with E-state index in [4.69, 9.17) is 15.2 Å². The molecule has 0 atom stereocenters. The molecule has 1 aliphatic heterocycles. The predicted octanol–water partition coefficient (Wildman–Crippen LogP) is 1.27. The molecule has 2 heterocycles. The van der Waals surface area contributed by atoms with Gasteiger partial charge >= 0.3 is 0 Å². The van der Waals surface area contributed by atoms with Gasteiger partial charge < -0.3 is 15.2 Å². The third-order valence-electron chi connectivity index (χ3n) is 2.55. The smallest absolute Gasteiger partial charge is 0.214 e. The molecule has 4 nitrogen and oxygen atoms in total. The zero-order chi connectivity index (χ0) is 11.4. The minimum Gasteiger partial charge on any atom is -0.469 e. The van der Waals surface area contributed by atoms with Gasteiger partial charge in [0.1, 0.15) is 6.10 Å². The monoisotopic (exact) mass is 222 g/mol. The van der Waals surface area contributed by atoms with E-state index in [1.807, 2.05) is 12.1 Å². The molecule has 0 aromatic carbocycles. The third-order valence-corrected chi connectivity index (χ3v) is 2.55. The van der Waals surface area contributed by atoms with E-state index in [0.717, 1.165) is 24.1 Å². The Kier molecular flexibility index (Phi) is 3.74. The summed E-state index contributed by atoms with van der Waals surface area (Å²) in [5, 5.41) is 0. The average molecular weight is 222 g/mol. The molecule has 0 amide bonds. The summed E-state index contributed by atoms with van der Waals surface area (Å²) in [5.74, 6) is 0.680. The Hall–Kier alpha value is -1.13. The number of aromatic nitrogens is 1. The normalized spacial score (nSPS) is 15.9. The number of aryl methyl sites for hydroxylation is 1. The number of hydrogen-bond donors (Lipinski definition) is 1. The highest BCUT2D eigenvalue weighted by Gasteiger charge is 2.20. The molecule has 0 bridgehead atoms. The van der Waals surface area contributed by atoms with Crippen molar-refractivity contribution in [3.63, 3.8) is 0 Å². The Bertz CT molecular complexity index is 351. The van der Waals surface area contributed by atoms with E-state index < -0.39 is 0 Å². The van der Waals surface area contributed by atoms with Crippen LogP contribution in [0.2, 0.25) is 0 Å². The van der Waals surface area contributed by atoms with Gasteiger partial charge in [-0.25, -0.2) is 4.98 Å². The van der Waals surface area contributed by atoms with Crippen LogP contribution in [0.4, 0.5) is 0 Å². The minimum atomic E-state index is 0.162. The Morgan fingerprint density at radius 3 is 2.88 bits per heavy atom. The maximum atomic E-state index is 5.69. The van der Waals surface area contributed by atoms with Gasteiger partial charge in [0, 0.05) is 18.3 Å². The largest absolute Gasteiger partial charge is 0.469 e. The topological polar surface area (TPSA) is 57.4 Å². The number of rotatable bonds is 5. The highest BCUT2D eigenvalue weighted by atomic mass is 16.6. The van der Waals surface area contributed by atoms with Crippen LogP contribution >= 0.6 is 0 Å². The maximum Gasteiger partial charge on any atom is 0.214 e. The quantitative estimate of drug-likeness (QED) is 0.815. The van der Waals surface area contributed by atoms with Crippen molar-refractivity contribution in [2.24, 2.45) is 5.73 Å². The molecule has 88 valence electrons. The van der Waals surface area contributed by atoms with Crippen LogP contribution in [0.15, 0.2) is 12.1 Å². The van der Waals surface area contributed by atoms with E-state index in [-0.39, 0.29) is 6.10 Å². The van der Waals surface area contributed by atoms with E-state index in [9.17, 15) is 0 Å². The number of hydrogen-bond acceptors (Lipinski definition) is 4.